The number of benzene rings is 2. The summed E-state index contributed by atoms with van der Waals surface area (Å²) in [4.78, 5) is 20.0. The standard InChI is InChI=1S/C22H21Cl2N3O2/c23-15-5-6-17(19(24)13-15)21-14-18(16-3-1-2-4-20(16)26-21)22(28)25-7-8-27-9-11-29-12-10-27/h1-6,13-14H,7-12H2,(H,25,28). The summed E-state index contributed by atoms with van der Waals surface area (Å²) in [5, 5.41) is 4.90. The fourth-order valence-corrected chi connectivity index (χ4v) is 3.95. The quantitative estimate of drug-likeness (QED) is 0.657. The molecule has 1 saturated heterocycles. The highest BCUT2D eigenvalue weighted by atomic mass is 35.5. The molecule has 0 atom stereocenters. The van der Waals surface area contributed by atoms with Crippen molar-refractivity contribution in [2.45, 2.75) is 0 Å². The first-order chi connectivity index (χ1) is 14.1. The van der Waals surface area contributed by atoms with Crippen molar-refractivity contribution in [3.8, 4) is 11.3 Å². The number of aromatic nitrogens is 1. The maximum Gasteiger partial charge on any atom is 0.252 e. The van der Waals surface area contributed by atoms with E-state index in [1.165, 1.54) is 0 Å². The lowest BCUT2D eigenvalue weighted by molar-refractivity contribution is 0.0383. The van der Waals surface area contributed by atoms with Gasteiger partial charge < -0.3 is 10.1 Å². The Hall–Kier alpha value is -2.18. The summed E-state index contributed by atoms with van der Waals surface area (Å²) >= 11 is 12.4. The van der Waals surface area contributed by atoms with E-state index in [4.69, 9.17) is 32.9 Å². The van der Waals surface area contributed by atoms with E-state index in [0.717, 1.165) is 49.3 Å². The van der Waals surface area contributed by atoms with Gasteiger partial charge in [0.05, 0.1) is 35.0 Å². The molecule has 7 heteroatoms. The van der Waals surface area contributed by atoms with Gasteiger partial charge in [0.25, 0.3) is 5.91 Å². The summed E-state index contributed by atoms with van der Waals surface area (Å²) in [7, 11) is 0. The van der Waals surface area contributed by atoms with E-state index in [9.17, 15) is 4.79 Å². The predicted molar refractivity (Wildman–Crippen MR) is 117 cm³/mol. The third kappa shape index (κ3) is 4.70. The van der Waals surface area contributed by atoms with E-state index in [1.54, 1.807) is 18.2 Å². The number of ether oxygens (including phenoxy) is 1. The average Bonchev–Trinajstić information content (AvgIpc) is 2.73. The fourth-order valence-electron chi connectivity index (χ4n) is 3.45. The van der Waals surface area contributed by atoms with Gasteiger partial charge in [-0.05, 0) is 30.3 Å². The second-order valence-corrected chi connectivity index (χ2v) is 7.75. The summed E-state index contributed by atoms with van der Waals surface area (Å²) < 4.78 is 5.36. The molecule has 0 radical (unpaired) electrons. The van der Waals surface area contributed by atoms with Crippen molar-refractivity contribution in [3.05, 3.63) is 64.1 Å². The van der Waals surface area contributed by atoms with Crippen molar-refractivity contribution >= 4 is 40.0 Å². The number of rotatable bonds is 5. The largest absolute Gasteiger partial charge is 0.379 e. The van der Waals surface area contributed by atoms with Crippen LogP contribution in [0.2, 0.25) is 10.0 Å². The summed E-state index contributed by atoms with van der Waals surface area (Å²) in [5.41, 5.74) is 2.71. The molecule has 29 heavy (non-hydrogen) atoms. The molecule has 0 bridgehead atoms. The lowest BCUT2D eigenvalue weighted by Crippen LogP contribution is -2.41. The molecule has 0 saturated carbocycles. The summed E-state index contributed by atoms with van der Waals surface area (Å²) in [6, 6.07) is 14.7. The highest BCUT2D eigenvalue weighted by molar-refractivity contribution is 6.36. The maximum absolute atomic E-state index is 13.0. The van der Waals surface area contributed by atoms with Gasteiger partial charge >= 0.3 is 0 Å². The van der Waals surface area contributed by atoms with Crippen LogP contribution in [0.5, 0.6) is 0 Å². The number of carbonyl (C=O) groups excluding carboxylic acids is 1. The number of fused-ring (bicyclic) bond motifs is 1. The van der Waals surface area contributed by atoms with Crippen LogP contribution in [-0.4, -0.2) is 55.2 Å². The number of hydrogen-bond acceptors (Lipinski definition) is 4. The Kier molecular flexibility index (Phi) is 6.31. The van der Waals surface area contributed by atoms with Crippen LogP contribution in [0.1, 0.15) is 10.4 Å². The first-order valence-corrected chi connectivity index (χ1v) is 10.3. The van der Waals surface area contributed by atoms with Gasteiger partial charge in [-0.25, -0.2) is 4.98 Å². The number of carbonyl (C=O) groups is 1. The van der Waals surface area contributed by atoms with Crippen molar-refractivity contribution in [1.82, 2.24) is 15.2 Å². The molecule has 0 unspecified atom stereocenters. The number of amides is 1. The number of nitrogens with zero attached hydrogens (tertiary/aromatic N) is 2. The van der Waals surface area contributed by atoms with Crippen LogP contribution in [-0.2, 0) is 4.74 Å². The topological polar surface area (TPSA) is 54.5 Å². The van der Waals surface area contributed by atoms with Gasteiger partial charge in [-0.2, -0.15) is 0 Å². The zero-order valence-corrected chi connectivity index (χ0v) is 17.3. The second kappa shape index (κ2) is 9.09. The van der Waals surface area contributed by atoms with E-state index in [1.807, 2.05) is 30.3 Å². The molecular weight excluding hydrogens is 409 g/mol. The minimum atomic E-state index is -0.122. The van der Waals surface area contributed by atoms with Crippen LogP contribution < -0.4 is 5.32 Å². The first-order valence-electron chi connectivity index (χ1n) is 9.55. The number of para-hydroxylation sites is 1. The zero-order chi connectivity index (χ0) is 20.2. The van der Waals surface area contributed by atoms with Crippen molar-refractivity contribution in [2.75, 3.05) is 39.4 Å². The fraction of sp³-hybridized carbons (Fsp3) is 0.273. The maximum atomic E-state index is 13.0. The van der Waals surface area contributed by atoms with Gasteiger partial charge in [0.1, 0.15) is 0 Å². The van der Waals surface area contributed by atoms with Crippen molar-refractivity contribution in [3.63, 3.8) is 0 Å². The number of morpholine rings is 1. The molecule has 5 nitrogen and oxygen atoms in total. The molecule has 0 aliphatic carbocycles. The van der Waals surface area contributed by atoms with E-state index in [0.29, 0.717) is 27.8 Å². The second-order valence-electron chi connectivity index (χ2n) is 6.91. The highest BCUT2D eigenvalue weighted by Gasteiger charge is 2.16. The Labute approximate surface area is 179 Å². The van der Waals surface area contributed by atoms with Gasteiger partial charge in [0.15, 0.2) is 0 Å². The SMILES string of the molecule is O=C(NCCN1CCOCC1)c1cc(-c2ccc(Cl)cc2Cl)nc2ccccc12. The summed E-state index contributed by atoms with van der Waals surface area (Å²) in [5.74, 6) is -0.122. The summed E-state index contributed by atoms with van der Waals surface area (Å²) in [6.07, 6.45) is 0. The van der Waals surface area contributed by atoms with Crippen molar-refractivity contribution in [2.24, 2.45) is 0 Å². The number of nitrogens with one attached hydrogen (secondary N) is 1. The van der Waals surface area contributed by atoms with E-state index in [-0.39, 0.29) is 5.91 Å². The van der Waals surface area contributed by atoms with Gasteiger partial charge in [-0.15, -0.1) is 0 Å². The highest BCUT2D eigenvalue weighted by Crippen LogP contribution is 2.31. The molecule has 150 valence electrons. The zero-order valence-electron chi connectivity index (χ0n) is 15.8. The first kappa shape index (κ1) is 20.1. The Morgan fingerprint density at radius 1 is 1.10 bits per heavy atom. The normalized spacial score (nSPS) is 14.8. The molecule has 1 aromatic heterocycles. The van der Waals surface area contributed by atoms with E-state index >= 15 is 0 Å². The monoisotopic (exact) mass is 429 g/mol. The van der Waals surface area contributed by atoms with Crippen LogP contribution in [0, 0.1) is 0 Å². The Balaban J connectivity index is 1.61. The molecule has 1 fully saturated rings. The summed E-state index contributed by atoms with van der Waals surface area (Å²) in [6.45, 7) is 4.66. The molecule has 4 rings (SSSR count). The number of hydrogen-bond donors (Lipinski definition) is 1. The Morgan fingerprint density at radius 2 is 1.90 bits per heavy atom. The number of pyridine rings is 1. The number of halogens is 2. The van der Waals surface area contributed by atoms with Crippen LogP contribution in [0.25, 0.3) is 22.2 Å². The lowest BCUT2D eigenvalue weighted by Gasteiger charge is -2.26. The van der Waals surface area contributed by atoms with Gasteiger partial charge in [0, 0.05) is 42.2 Å². The van der Waals surface area contributed by atoms with E-state index in [2.05, 4.69) is 10.2 Å². The third-order valence-electron chi connectivity index (χ3n) is 4.99. The van der Waals surface area contributed by atoms with Gasteiger partial charge in [-0.3, -0.25) is 9.69 Å². The van der Waals surface area contributed by atoms with Crippen molar-refractivity contribution in [1.29, 1.82) is 0 Å². The molecular formula is C22H21Cl2N3O2. The third-order valence-corrected chi connectivity index (χ3v) is 5.53. The van der Waals surface area contributed by atoms with Crippen LogP contribution in [0.3, 0.4) is 0 Å². The van der Waals surface area contributed by atoms with Crippen LogP contribution >= 0.6 is 23.2 Å². The van der Waals surface area contributed by atoms with Crippen LogP contribution in [0.4, 0.5) is 0 Å². The average molecular weight is 430 g/mol. The molecule has 0 spiro atoms. The molecule has 1 aliphatic heterocycles. The predicted octanol–water partition coefficient (Wildman–Crippen LogP) is 4.27. The smallest absolute Gasteiger partial charge is 0.252 e. The molecule has 2 heterocycles. The Bertz CT molecular complexity index is 1040. The minimum Gasteiger partial charge on any atom is -0.379 e. The molecule has 1 aliphatic rings. The molecule has 1 amide bonds. The Morgan fingerprint density at radius 3 is 2.69 bits per heavy atom. The van der Waals surface area contributed by atoms with Crippen molar-refractivity contribution < 1.29 is 9.53 Å². The van der Waals surface area contributed by atoms with Gasteiger partial charge in [-0.1, -0.05) is 41.4 Å². The molecule has 3 aromatic rings. The van der Waals surface area contributed by atoms with Gasteiger partial charge in [0.2, 0.25) is 0 Å². The van der Waals surface area contributed by atoms with E-state index < -0.39 is 0 Å². The van der Waals surface area contributed by atoms with Crippen LogP contribution in [0.15, 0.2) is 48.5 Å². The molecule has 1 N–H and O–H groups in total. The molecule has 2 aromatic carbocycles. The lowest BCUT2D eigenvalue weighted by atomic mass is 10.0. The minimum absolute atomic E-state index is 0.122.